The number of hydrogen-bond donors (Lipinski definition) is 0. The molecule has 2 atom stereocenters. The summed E-state index contributed by atoms with van der Waals surface area (Å²) >= 11 is 1.81. The summed E-state index contributed by atoms with van der Waals surface area (Å²) in [5, 5.41) is 1.36. The SMILES string of the molecule is CC(=O)N(c1ccc(C(C)(C)C)cc1)C1C(C)SC(=NC2CCCCC2)N1C. The smallest absolute Gasteiger partial charge is 0.225 e. The molecular weight excluding hydrogens is 366 g/mol. The van der Waals surface area contributed by atoms with E-state index in [1.165, 1.54) is 37.7 Å². The lowest BCUT2D eigenvalue weighted by Gasteiger charge is -2.35. The summed E-state index contributed by atoms with van der Waals surface area (Å²) in [5.74, 6) is 0.0757. The Labute approximate surface area is 174 Å². The van der Waals surface area contributed by atoms with Crippen molar-refractivity contribution in [2.45, 2.75) is 89.6 Å². The normalized spacial score (nSPS) is 25.4. The molecule has 4 nitrogen and oxygen atoms in total. The third-order valence-corrected chi connectivity index (χ3v) is 7.11. The maximum absolute atomic E-state index is 12.7. The average Bonchev–Trinajstić information content (AvgIpc) is 2.90. The van der Waals surface area contributed by atoms with Crippen molar-refractivity contribution in [3.05, 3.63) is 29.8 Å². The zero-order valence-corrected chi connectivity index (χ0v) is 19.1. The average molecular weight is 402 g/mol. The number of anilines is 1. The molecule has 0 radical (unpaired) electrons. The van der Waals surface area contributed by atoms with Gasteiger partial charge < -0.3 is 4.90 Å². The van der Waals surface area contributed by atoms with E-state index in [2.05, 4.69) is 63.9 Å². The van der Waals surface area contributed by atoms with Gasteiger partial charge in [-0.05, 0) is 42.9 Å². The lowest BCUT2D eigenvalue weighted by atomic mass is 9.87. The van der Waals surface area contributed by atoms with Gasteiger partial charge in [0.15, 0.2) is 5.17 Å². The first-order chi connectivity index (χ1) is 13.2. The summed E-state index contributed by atoms with van der Waals surface area (Å²) in [4.78, 5) is 21.9. The van der Waals surface area contributed by atoms with Crippen LogP contribution in [0, 0.1) is 0 Å². The van der Waals surface area contributed by atoms with Gasteiger partial charge in [0.1, 0.15) is 6.17 Å². The number of thioether (sulfide) groups is 1. The second kappa shape index (κ2) is 8.48. The molecule has 0 spiro atoms. The predicted molar refractivity (Wildman–Crippen MR) is 121 cm³/mol. The van der Waals surface area contributed by atoms with Crippen molar-refractivity contribution in [2.75, 3.05) is 11.9 Å². The molecular formula is C23H35N3OS. The molecule has 1 amide bonds. The van der Waals surface area contributed by atoms with Crippen molar-refractivity contribution in [1.29, 1.82) is 0 Å². The molecule has 1 aromatic rings. The van der Waals surface area contributed by atoms with E-state index in [9.17, 15) is 4.79 Å². The van der Waals surface area contributed by atoms with Gasteiger partial charge in [0.2, 0.25) is 5.91 Å². The van der Waals surface area contributed by atoms with Gasteiger partial charge in [-0.25, -0.2) is 0 Å². The second-order valence-electron chi connectivity index (χ2n) is 9.24. The van der Waals surface area contributed by atoms with Crippen molar-refractivity contribution >= 4 is 28.5 Å². The molecule has 1 aliphatic carbocycles. The topological polar surface area (TPSA) is 35.9 Å². The zero-order chi connectivity index (χ0) is 20.5. The van der Waals surface area contributed by atoms with Crippen molar-refractivity contribution in [3.63, 3.8) is 0 Å². The van der Waals surface area contributed by atoms with Gasteiger partial charge in [-0.1, -0.05) is 63.9 Å². The Hall–Kier alpha value is -1.49. The Bertz CT molecular complexity index is 716. The first-order valence-electron chi connectivity index (χ1n) is 10.6. The number of rotatable bonds is 3. The van der Waals surface area contributed by atoms with E-state index in [1.807, 2.05) is 4.90 Å². The van der Waals surface area contributed by atoms with E-state index < -0.39 is 0 Å². The van der Waals surface area contributed by atoms with Crippen LogP contribution in [0.2, 0.25) is 0 Å². The number of nitrogens with zero attached hydrogens (tertiary/aromatic N) is 3. The van der Waals surface area contributed by atoms with E-state index in [1.54, 1.807) is 18.7 Å². The Morgan fingerprint density at radius 1 is 1.14 bits per heavy atom. The summed E-state index contributed by atoms with van der Waals surface area (Å²) in [6.45, 7) is 10.5. The minimum absolute atomic E-state index is 0.00896. The maximum Gasteiger partial charge on any atom is 0.225 e. The molecule has 28 heavy (non-hydrogen) atoms. The zero-order valence-electron chi connectivity index (χ0n) is 18.2. The van der Waals surface area contributed by atoms with Gasteiger partial charge in [0.05, 0.1) is 6.04 Å². The summed E-state index contributed by atoms with van der Waals surface area (Å²) in [6.07, 6.45) is 6.29. The standard InChI is InChI=1S/C23H35N3OS/c1-16-21(25(6)22(28-16)24-19-10-8-7-9-11-19)26(17(2)27)20-14-12-18(13-15-20)23(3,4)5/h12-16,19,21H,7-11H2,1-6H3. The highest BCUT2D eigenvalue weighted by atomic mass is 32.2. The molecule has 2 fully saturated rings. The molecule has 1 saturated carbocycles. The van der Waals surface area contributed by atoms with E-state index in [0.29, 0.717) is 6.04 Å². The third-order valence-electron chi connectivity index (χ3n) is 5.89. The number of aliphatic imine (C=N–C) groups is 1. The highest BCUT2D eigenvalue weighted by Gasteiger charge is 2.40. The Morgan fingerprint density at radius 3 is 2.29 bits per heavy atom. The summed E-state index contributed by atoms with van der Waals surface area (Å²) < 4.78 is 0. The summed E-state index contributed by atoms with van der Waals surface area (Å²) in [6, 6.07) is 8.92. The number of amides is 1. The van der Waals surface area contributed by atoms with Crippen LogP contribution in [-0.2, 0) is 10.2 Å². The molecule has 2 aliphatic rings. The van der Waals surface area contributed by atoms with Crippen LogP contribution in [0.1, 0.15) is 72.3 Å². The van der Waals surface area contributed by atoms with E-state index >= 15 is 0 Å². The van der Waals surface area contributed by atoms with Crippen LogP contribution >= 0.6 is 11.8 Å². The number of hydrogen-bond acceptors (Lipinski definition) is 3. The van der Waals surface area contributed by atoms with Gasteiger partial charge in [-0.3, -0.25) is 14.7 Å². The molecule has 1 heterocycles. The number of amidine groups is 1. The molecule has 2 unspecified atom stereocenters. The number of carbonyl (C=O) groups is 1. The lowest BCUT2D eigenvalue weighted by molar-refractivity contribution is -0.117. The van der Waals surface area contributed by atoms with Gasteiger partial charge >= 0.3 is 0 Å². The van der Waals surface area contributed by atoms with Crippen LogP contribution < -0.4 is 4.90 Å². The number of carbonyl (C=O) groups excluding carboxylic acids is 1. The van der Waals surface area contributed by atoms with Crippen LogP contribution in [0.5, 0.6) is 0 Å². The first kappa shape index (κ1) is 21.2. The Kier molecular flexibility index (Phi) is 6.43. The van der Waals surface area contributed by atoms with Crippen LogP contribution in [0.4, 0.5) is 5.69 Å². The first-order valence-corrected chi connectivity index (χ1v) is 11.4. The summed E-state index contributed by atoms with van der Waals surface area (Å²) in [7, 11) is 2.09. The minimum Gasteiger partial charge on any atom is -0.333 e. The highest BCUT2D eigenvalue weighted by molar-refractivity contribution is 8.14. The van der Waals surface area contributed by atoms with Gasteiger partial charge in [-0.15, -0.1) is 0 Å². The Balaban J connectivity index is 1.85. The van der Waals surface area contributed by atoms with Gasteiger partial charge in [-0.2, -0.15) is 0 Å². The highest BCUT2D eigenvalue weighted by Crippen LogP contribution is 2.36. The van der Waals surface area contributed by atoms with E-state index in [-0.39, 0.29) is 22.7 Å². The second-order valence-corrected chi connectivity index (χ2v) is 10.6. The number of benzene rings is 1. The quantitative estimate of drug-likeness (QED) is 0.678. The van der Waals surface area contributed by atoms with Crippen LogP contribution in [-0.4, -0.2) is 40.5 Å². The van der Waals surface area contributed by atoms with E-state index in [4.69, 9.17) is 4.99 Å². The molecule has 0 bridgehead atoms. The molecule has 0 N–H and O–H groups in total. The monoisotopic (exact) mass is 401 g/mol. The van der Waals surface area contributed by atoms with Crippen molar-refractivity contribution in [1.82, 2.24) is 4.90 Å². The van der Waals surface area contributed by atoms with Crippen LogP contribution in [0.15, 0.2) is 29.3 Å². The molecule has 3 rings (SSSR count). The minimum atomic E-state index is -0.00896. The molecule has 1 aliphatic heterocycles. The van der Waals surface area contributed by atoms with Gasteiger partial charge in [0.25, 0.3) is 0 Å². The molecule has 154 valence electrons. The molecule has 1 saturated heterocycles. The Morgan fingerprint density at radius 2 is 1.75 bits per heavy atom. The van der Waals surface area contributed by atoms with Crippen LogP contribution in [0.3, 0.4) is 0 Å². The van der Waals surface area contributed by atoms with Gasteiger partial charge in [0, 0.05) is 24.9 Å². The fourth-order valence-electron chi connectivity index (χ4n) is 4.25. The van der Waals surface area contributed by atoms with E-state index in [0.717, 1.165) is 10.9 Å². The van der Waals surface area contributed by atoms with Crippen molar-refractivity contribution in [2.24, 2.45) is 4.99 Å². The maximum atomic E-state index is 12.7. The van der Waals surface area contributed by atoms with Crippen molar-refractivity contribution in [3.8, 4) is 0 Å². The molecule has 0 aromatic heterocycles. The molecule has 5 heteroatoms. The third kappa shape index (κ3) is 4.56. The largest absolute Gasteiger partial charge is 0.333 e. The predicted octanol–water partition coefficient (Wildman–Crippen LogP) is 5.42. The van der Waals surface area contributed by atoms with Crippen LogP contribution in [0.25, 0.3) is 0 Å². The van der Waals surface area contributed by atoms with Crippen molar-refractivity contribution < 1.29 is 4.79 Å². The fourth-order valence-corrected chi connectivity index (χ4v) is 5.49. The lowest BCUT2D eigenvalue weighted by Crippen LogP contribution is -2.50. The fraction of sp³-hybridized carbons (Fsp3) is 0.652. The molecule has 1 aromatic carbocycles. The summed E-state index contributed by atoms with van der Waals surface area (Å²) in [5.41, 5.74) is 2.34.